The van der Waals surface area contributed by atoms with Crippen molar-refractivity contribution in [2.45, 2.75) is 4.43 Å². The Bertz CT molecular complexity index is 1150. The maximum Gasteiger partial charge on any atom is 0.275 e. The zero-order valence-electron chi connectivity index (χ0n) is 13.7. The number of benzene rings is 1. The van der Waals surface area contributed by atoms with E-state index in [1.165, 1.54) is 16.9 Å². The van der Waals surface area contributed by atoms with Crippen molar-refractivity contribution >= 4 is 60.0 Å². The van der Waals surface area contributed by atoms with Crippen molar-refractivity contribution in [2.24, 2.45) is 0 Å². The van der Waals surface area contributed by atoms with Gasteiger partial charge in [-0.25, -0.2) is 9.97 Å². The number of thiophene rings is 1. The molecule has 4 aromatic rings. The number of anilines is 1. The summed E-state index contributed by atoms with van der Waals surface area (Å²) in [7, 11) is 3.96. The molecule has 0 aliphatic rings. The fourth-order valence-electron chi connectivity index (χ4n) is 2.88. The van der Waals surface area contributed by atoms with Gasteiger partial charge in [0.25, 0.3) is 5.56 Å². The number of alkyl halides is 1. The van der Waals surface area contributed by atoms with Crippen LogP contribution < -0.4 is 10.5 Å². The molecule has 5 nitrogen and oxygen atoms in total. The molecule has 0 fully saturated rings. The van der Waals surface area contributed by atoms with Crippen LogP contribution in [-0.2, 0) is 4.43 Å². The van der Waals surface area contributed by atoms with Crippen LogP contribution in [0.25, 0.3) is 26.1 Å². The fraction of sp³-hybridized carbons (Fsp3) is 0.167. The Morgan fingerprint density at radius 1 is 1.24 bits per heavy atom. The average Bonchev–Trinajstić information content (AvgIpc) is 3.01. The van der Waals surface area contributed by atoms with Gasteiger partial charge in [0.2, 0.25) is 0 Å². The molecule has 7 heteroatoms. The minimum Gasteiger partial charge on any atom is -0.377 e. The van der Waals surface area contributed by atoms with Crippen molar-refractivity contribution in [2.75, 3.05) is 19.0 Å². The molecule has 0 N–H and O–H groups in total. The number of hydrogen-bond donors (Lipinski definition) is 0. The third-order valence-electron chi connectivity index (χ3n) is 4.09. The molecule has 0 spiro atoms. The molecule has 25 heavy (non-hydrogen) atoms. The lowest BCUT2D eigenvalue weighted by atomic mass is 10.2. The zero-order valence-corrected chi connectivity index (χ0v) is 16.7. The van der Waals surface area contributed by atoms with Gasteiger partial charge in [0.1, 0.15) is 15.9 Å². The molecule has 4 rings (SSSR count). The lowest BCUT2D eigenvalue weighted by Gasteiger charge is -2.13. The monoisotopic (exact) mass is 462 g/mol. The molecule has 0 unspecified atom stereocenters. The smallest absolute Gasteiger partial charge is 0.275 e. The summed E-state index contributed by atoms with van der Waals surface area (Å²) in [6.45, 7) is 0. The molecule has 0 aliphatic carbocycles. The van der Waals surface area contributed by atoms with E-state index >= 15 is 0 Å². The summed E-state index contributed by atoms with van der Waals surface area (Å²) in [6.07, 6.45) is 3.39. The van der Waals surface area contributed by atoms with E-state index in [0.29, 0.717) is 4.70 Å². The third-order valence-corrected chi connectivity index (χ3v) is 6.04. The fourth-order valence-corrected chi connectivity index (χ4v) is 4.40. The van der Waals surface area contributed by atoms with E-state index in [1.807, 2.05) is 43.3 Å². The molecule has 0 amide bonds. The van der Waals surface area contributed by atoms with Crippen LogP contribution in [0.3, 0.4) is 0 Å². The Kier molecular flexibility index (Phi) is 4.20. The molecule has 3 heterocycles. The van der Waals surface area contributed by atoms with Gasteiger partial charge in [-0.3, -0.25) is 9.36 Å². The molecule has 0 bridgehead atoms. The van der Waals surface area contributed by atoms with E-state index in [2.05, 4.69) is 38.6 Å². The number of fused-ring (bicyclic) bond motifs is 3. The normalized spacial score (nSPS) is 11.3. The quantitative estimate of drug-likeness (QED) is 0.341. The summed E-state index contributed by atoms with van der Waals surface area (Å²) in [5.74, 6) is 0. The molecular formula is C18H15IN4OS. The van der Waals surface area contributed by atoms with E-state index in [4.69, 9.17) is 0 Å². The molecule has 0 saturated carbocycles. The van der Waals surface area contributed by atoms with Gasteiger partial charge in [-0.1, -0.05) is 34.7 Å². The first-order chi connectivity index (χ1) is 12.1. The predicted octanol–water partition coefficient (Wildman–Crippen LogP) is 4.00. The van der Waals surface area contributed by atoms with Crippen molar-refractivity contribution in [1.29, 1.82) is 0 Å². The van der Waals surface area contributed by atoms with Gasteiger partial charge >= 0.3 is 0 Å². The van der Waals surface area contributed by atoms with Gasteiger partial charge in [-0.2, -0.15) is 0 Å². The molecule has 0 atom stereocenters. The van der Waals surface area contributed by atoms with Crippen molar-refractivity contribution in [3.63, 3.8) is 0 Å². The van der Waals surface area contributed by atoms with Crippen LogP contribution in [0.5, 0.6) is 0 Å². The van der Waals surface area contributed by atoms with Gasteiger partial charge in [0, 0.05) is 24.7 Å². The Morgan fingerprint density at radius 3 is 2.84 bits per heavy atom. The number of halogens is 1. The standard InChI is InChI=1S/C18H15IN4OS/c1-22(2)13-6-7-20-17-14(13)15-16(25-17)18(24)23(10-21-15)12-5-3-4-11(8-12)9-19/h3-8,10H,9H2,1-2H3. The number of aromatic nitrogens is 3. The molecule has 126 valence electrons. The molecule has 0 aliphatic heterocycles. The molecule has 1 aromatic carbocycles. The van der Waals surface area contributed by atoms with Crippen LogP contribution in [0, 0.1) is 0 Å². The van der Waals surface area contributed by atoms with E-state index in [1.54, 1.807) is 17.1 Å². The first-order valence-corrected chi connectivity index (χ1v) is 10.1. The number of rotatable bonds is 3. The highest BCUT2D eigenvalue weighted by molar-refractivity contribution is 14.1. The summed E-state index contributed by atoms with van der Waals surface area (Å²) >= 11 is 3.72. The average molecular weight is 462 g/mol. The third kappa shape index (κ3) is 2.71. The Hall–Kier alpha value is -2.00. The van der Waals surface area contributed by atoms with Crippen molar-refractivity contribution in [3.8, 4) is 5.69 Å². The highest BCUT2D eigenvalue weighted by Crippen LogP contribution is 2.35. The van der Waals surface area contributed by atoms with Crippen molar-refractivity contribution < 1.29 is 0 Å². The van der Waals surface area contributed by atoms with Crippen LogP contribution in [0.4, 0.5) is 5.69 Å². The van der Waals surface area contributed by atoms with Gasteiger partial charge in [-0.05, 0) is 23.8 Å². The van der Waals surface area contributed by atoms with E-state index in [9.17, 15) is 4.79 Å². The van der Waals surface area contributed by atoms with E-state index in [-0.39, 0.29) is 5.56 Å². The van der Waals surface area contributed by atoms with Crippen molar-refractivity contribution in [1.82, 2.24) is 14.5 Å². The Balaban J connectivity index is 2.02. The number of nitrogens with zero attached hydrogens (tertiary/aromatic N) is 4. The lowest BCUT2D eigenvalue weighted by molar-refractivity contribution is 0.965. The van der Waals surface area contributed by atoms with Crippen LogP contribution in [0.1, 0.15) is 5.56 Å². The highest BCUT2D eigenvalue weighted by Gasteiger charge is 2.16. The molecule has 3 aromatic heterocycles. The predicted molar refractivity (Wildman–Crippen MR) is 113 cm³/mol. The molecular weight excluding hydrogens is 447 g/mol. The van der Waals surface area contributed by atoms with Crippen LogP contribution in [0.2, 0.25) is 0 Å². The Morgan fingerprint density at radius 2 is 2.08 bits per heavy atom. The number of pyridine rings is 1. The summed E-state index contributed by atoms with van der Waals surface area (Å²) < 4.78 is 3.15. The maximum atomic E-state index is 13.1. The minimum atomic E-state index is -0.0525. The summed E-state index contributed by atoms with van der Waals surface area (Å²) in [6, 6.07) is 9.93. The second-order valence-corrected chi connectivity index (χ2v) is 7.67. The minimum absolute atomic E-state index is 0.0525. The molecule has 0 saturated heterocycles. The lowest BCUT2D eigenvalue weighted by Crippen LogP contribution is -2.18. The SMILES string of the molecule is CN(C)c1ccnc2sc3c(=O)n(-c4cccc(CI)c4)cnc3c12. The van der Waals surface area contributed by atoms with Crippen molar-refractivity contribution in [3.05, 3.63) is 58.8 Å². The van der Waals surface area contributed by atoms with Gasteiger partial charge in [0.05, 0.1) is 22.3 Å². The second-order valence-electron chi connectivity index (χ2n) is 5.91. The summed E-state index contributed by atoms with van der Waals surface area (Å²) in [5, 5.41) is 0.942. The first kappa shape index (κ1) is 16.5. The Labute approximate surface area is 162 Å². The van der Waals surface area contributed by atoms with Gasteiger partial charge < -0.3 is 4.90 Å². The first-order valence-electron chi connectivity index (χ1n) is 7.71. The van der Waals surface area contributed by atoms with Crippen LogP contribution in [-0.4, -0.2) is 28.6 Å². The topological polar surface area (TPSA) is 51.0 Å². The number of hydrogen-bond acceptors (Lipinski definition) is 5. The summed E-state index contributed by atoms with van der Waals surface area (Å²) in [4.78, 5) is 25.0. The maximum absolute atomic E-state index is 13.1. The van der Waals surface area contributed by atoms with Gasteiger partial charge in [-0.15, -0.1) is 11.3 Å². The van der Waals surface area contributed by atoms with E-state index < -0.39 is 0 Å². The molecule has 0 radical (unpaired) electrons. The van der Waals surface area contributed by atoms with Crippen LogP contribution >= 0.6 is 33.9 Å². The highest BCUT2D eigenvalue weighted by atomic mass is 127. The van der Waals surface area contributed by atoms with E-state index in [0.717, 1.165) is 31.5 Å². The largest absolute Gasteiger partial charge is 0.377 e. The summed E-state index contributed by atoms with van der Waals surface area (Å²) in [5.41, 5.74) is 3.71. The van der Waals surface area contributed by atoms with Gasteiger partial charge in [0.15, 0.2) is 0 Å². The van der Waals surface area contributed by atoms with Crippen LogP contribution in [0.15, 0.2) is 47.7 Å². The zero-order chi connectivity index (χ0) is 17.6. The second kappa shape index (κ2) is 6.38.